The summed E-state index contributed by atoms with van der Waals surface area (Å²) in [4.78, 5) is 24.5. The summed E-state index contributed by atoms with van der Waals surface area (Å²) in [6.07, 6.45) is 0.950. The smallest absolute Gasteiger partial charge is 0.306 e. The molecule has 1 aliphatic rings. The van der Waals surface area contributed by atoms with Gasteiger partial charge in [-0.3, -0.25) is 9.59 Å². The second kappa shape index (κ2) is 7.00. The van der Waals surface area contributed by atoms with Gasteiger partial charge >= 0.3 is 5.97 Å². The molecule has 1 heterocycles. The Hall–Kier alpha value is -1.46. The van der Waals surface area contributed by atoms with E-state index in [-0.39, 0.29) is 18.4 Å². The fraction of sp³-hybridized carbons (Fsp3) is 0.429. The van der Waals surface area contributed by atoms with E-state index in [1.807, 2.05) is 0 Å². The number of amides is 1. The molecule has 7 heteroatoms. The van der Waals surface area contributed by atoms with Gasteiger partial charge in [0.2, 0.25) is 0 Å². The predicted molar refractivity (Wildman–Crippen MR) is 78.9 cm³/mol. The maximum Gasteiger partial charge on any atom is 0.306 e. The van der Waals surface area contributed by atoms with Crippen LogP contribution in [0.5, 0.6) is 5.75 Å². The topological polar surface area (TPSA) is 66.8 Å². The minimum Gasteiger partial charge on any atom is -0.482 e. The molecule has 114 valence electrons. The SMILES string of the molecule is O=C(O)C1CCN(C(=O)COc2ccc(Cl)cc2Cl)CC1. The van der Waals surface area contributed by atoms with E-state index in [0.29, 0.717) is 41.7 Å². The summed E-state index contributed by atoms with van der Waals surface area (Å²) >= 11 is 11.7. The van der Waals surface area contributed by atoms with Crippen molar-refractivity contribution in [3.8, 4) is 5.75 Å². The zero-order valence-corrected chi connectivity index (χ0v) is 12.7. The molecular formula is C14H15Cl2NO4. The molecule has 1 aromatic carbocycles. The second-order valence-corrected chi connectivity index (χ2v) is 5.70. The first-order chi connectivity index (χ1) is 9.97. The van der Waals surface area contributed by atoms with Crippen LogP contribution in [0.4, 0.5) is 0 Å². The first kappa shape index (κ1) is 15.9. The van der Waals surface area contributed by atoms with Crippen LogP contribution in [-0.2, 0) is 9.59 Å². The van der Waals surface area contributed by atoms with Crippen LogP contribution in [0.3, 0.4) is 0 Å². The highest BCUT2D eigenvalue weighted by Crippen LogP contribution is 2.27. The van der Waals surface area contributed by atoms with E-state index in [1.54, 1.807) is 23.1 Å². The fourth-order valence-corrected chi connectivity index (χ4v) is 2.66. The highest BCUT2D eigenvalue weighted by molar-refractivity contribution is 6.35. The van der Waals surface area contributed by atoms with E-state index in [1.165, 1.54) is 0 Å². The summed E-state index contributed by atoms with van der Waals surface area (Å²) < 4.78 is 5.38. The number of piperidine rings is 1. The van der Waals surface area contributed by atoms with E-state index in [9.17, 15) is 9.59 Å². The van der Waals surface area contributed by atoms with Crippen molar-refractivity contribution in [1.82, 2.24) is 4.90 Å². The molecule has 0 atom stereocenters. The Balaban J connectivity index is 1.84. The number of carboxylic acid groups (broad SMARTS) is 1. The second-order valence-electron chi connectivity index (χ2n) is 4.86. The maximum absolute atomic E-state index is 12.0. The largest absolute Gasteiger partial charge is 0.482 e. The van der Waals surface area contributed by atoms with Crippen LogP contribution < -0.4 is 4.74 Å². The first-order valence-electron chi connectivity index (χ1n) is 6.56. The molecule has 1 N–H and O–H groups in total. The van der Waals surface area contributed by atoms with Crippen molar-refractivity contribution in [2.45, 2.75) is 12.8 Å². The standard InChI is InChI=1S/C14H15Cl2NO4/c15-10-1-2-12(11(16)7-10)21-8-13(18)17-5-3-9(4-6-17)14(19)20/h1-2,7,9H,3-6,8H2,(H,19,20). The van der Waals surface area contributed by atoms with Crippen LogP contribution in [0.2, 0.25) is 10.0 Å². The lowest BCUT2D eigenvalue weighted by Gasteiger charge is -2.30. The number of aliphatic carboxylic acids is 1. The summed E-state index contributed by atoms with van der Waals surface area (Å²) in [7, 11) is 0. The van der Waals surface area contributed by atoms with E-state index in [0.717, 1.165) is 0 Å². The molecule has 0 unspecified atom stereocenters. The van der Waals surface area contributed by atoms with Gasteiger partial charge in [0.05, 0.1) is 10.9 Å². The zero-order chi connectivity index (χ0) is 15.4. The average molecular weight is 332 g/mol. The number of benzene rings is 1. The Morgan fingerprint density at radius 1 is 1.29 bits per heavy atom. The molecule has 5 nitrogen and oxygen atoms in total. The number of carbonyl (C=O) groups excluding carboxylic acids is 1. The number of likely N-dealkylation sites (tertiary alicyclic amines) is 1. The predicted octanol–water partition coefficient (Wildman–Crippen LogP) is 2.70. The third-order valence-electron chi connectivity index (χ3n) is 3.44. The number of rotatable bonds is 4. The van der Waals surface area contributed by atoms with Crippen molar-refractivity contribution >= 4 is 35.1 Å². The molecule has 0 radical (unpaired) electrons. The van der Waals surface area contributed by atoms with Gasteiger partial charge in [-0.1, -0.05) is 23.2 Å². The van der Waals surface area contributed by atoms with Crippen molar-refractivity contribution < 1.29 is 19.4 Å². The minimum atomic E-state index is -0.800. The highest BCUT2D eigenvalue weighted by Gasteiger charge is 2.27. The van der Waals surface area contributed by atoms with Gasteiger partial charge in [-0.25, -0.2) is 0 Å². The number of carbonyl (C=O) groups is 2. The molecule has 0 bridgehead atoms. The van der Waals surface area contributed by atoms with Gasteiger partial charge in [0.15, 0.2) is 6.61 Å². The lowest BCUT2D eigenvalue weighted by Crippen LogP contribution is -2.42. The van der Waals surface area contributed by atoms with Crippen molar-refractivity contribution in [1.29, 1.82) is 0 Å². The van der Waals surface area contributed by atoms with Crippen LogP contribution in [0.15, 0.2) is 18.2 Å². The van der Waals surface area contributed by atoms with Gasteiger partial charge in [-0.05, 0) is 31.0 Å². The van der Waals surface area contributed by atoms with Crippen molar-refractivity contribution in [3.63, 3.8) is 0 Å². The van der Waals surface area contributed by atoms with Crippen molar-refractivity contribution in [2.24, 2.45) is 5.92 Å². The Kier molecular flexibility index (Phi) is 5.31. The number of carboxylic acids is 1. The van der Waals surface area contributed by atoms with Crippen LogP contribution >= 0.6 is 23.2 Å². The van der Waals surface area contributed by atoms with E-state index in [4.69, 9.17) is 33.0 Å². The monoisotopic (exact) mass is 331 g/mol. The summed E-state index contributed by atoms with van der Waals surface area (Å²) in [6.45, 7) is 0.750. The average Bonchev–Trinajstić information content (AvgIpc) is 2.46. The lowest BCUT2D eigenvalue weighted by atomic mass is 9.97. The van der Waals surface area contributed by atoms with Gasteiger partial charge in [-0.2, -0.15) is 0 Å². The summed E-state index contributed by atoms with van der Waals surface area (Å²) in [6, 6.07) is 4.78. The fourth-order valence-electron chi connectivity index (χ4n) is 2.20. The molecule has 1 aliphatic heterocycles. The Bertz CT molecular complexity index is 542. The minimum absolute atomic E-state index is 0.126. The van der Waals surface area contributed by atoms with Gasteiger partial charge in [0, 0.05) is 18.1 Å². The third-order valence-corrected chi connectivity index (χ3v) is 3.97. The molecule has 21 heavy (non-hydrogen) atoms. The van der Waals surface area contributed by atoms with Crippen LogP contribution in [0.25, 0.3) is 0 Å². The molecule has 0 spiro atoms. The number of ether oxygens (including phenoxy) is 1. The summed E-state index contributed by atoms with van der Waals surface area (Å²) in [5.74, 6) is -0.938. The molecule has 1 aromatic rings. The normalized spacial score (nSPS) is 15.8. The number of hydrogen-bond donors (Lipinski definition) is 1. The van der Waals surface area contributed by atoms with Gasteiger partial charge in [0.25, 0.3) is 5.91 Å². The third kappa shape index (κ3) is 4.25. The molecule has 2 rings (SSSR count). The van der Waals surface area contributed by atoms with Crippen molar-refractivity contribution in [3.05, 3.63) is 28.2 Å². The lowest BCUT2D eigenvalue weighted by molar-refractivity contribution is -0.146. The molecule has 1 saturated heterocycles. The number of hydrogen-bond acceptors (Lipinski definition) is 3. The van der Waals surface area contributed by atoms with E-state index < -0.39 is 5.97 Å². The quantitative estimate of drug-likeness (QED) is 0.921. The van der Waals surface area contributed by atoms with Gasteiger partial charge < -0.3 is 14.7 Å². The van der Waals surface area contributed by atoms with Crippen LogP contribution in [0.1, 0.15) is 12.8 Å². The van der Waals surface area contributed by atoms with E-state index >= 15 is 0 Å². The van der Waals surface area contributed by atoms with E-state index in [2.05, 4.69) is 0 Å². The Labute approximate surface area is 132 Å². The molecule has 0 aliphatic carbocycles. The van der Waals surface area contributed by atoms with Crippen LogP contribution in [-0.4, -0.2) is 41.6 Å². The zero-order valence-electron chi connectivity index (χ0n) is 11.2. The van der Waals surface area contributed by atoms with Gasteiger partial charge in [-0.15, -0.1) is 0 Å². The summed E-state index contributed by atoms with van der Waals surface area (Å²) in [5.41, 5.74) is 0. The Morgan fingerprint density at radius 2 is 1.95 bits per heavy atom. The number of halogens is 2. The van der Waals surface area contributed by atoms with Crippen LogP contribution in [0, 0.1) is 5.92 Å². The molecule has 1 fully saturated rings. The van der Waals surface area contributed by atoms with Gasteiger partial charge in [0.1, 0.15) is 5.75 Å². The summed E-state index contributed by atoms with van der Waals surface area (Å²) in [5, 5.41) is 9.76. The molecule has 0 saturated carbocycles. The molecule has 0 aromatic heterocycles. The maximum atomic E-state index is 12.0. The highest BCUT2D eigenvalue weighted by atomic mass is 35.5. The Morgan fingerprint density at radius 3 is 2.52 bits per heavy atom. The van der Waals surface area contributed by atoms with Crippen molar-refractivity contribution in [2.75, 3.05) is 19.7 Å². The first-order valence-corrected chi connectivity index (χ1v) is 7.31. The number of nitrogens with zero attached hydrogens (tertiary/aromatic N) is 1. The molecule has 1 amide bonds. The molecular weight excluding hydrogens is 317 g/mol.